The van der Waals surface area contributed by atoms with Gasteiger partial charge in [0, 0.05) is 17.2 Å². The van der Waals surface area contributed by atoms with Crippen LogP contribution < -0.4 is 5.43 Å². The zero-order valence-electron chi connectivity index (χ0n) is 13.9. The van der Waals surface area contributed by atoms with Gasteiger partial charge in [0.2, 0.25) is 0 Å². The highest BCUT2D eigenvalue weighted by Crippen LogP contribution is 2.25. The fourth-order valence-corrected chi connectivity index (χ4v) is 2.37. The van der Waals surface area contributed by atoms with Crippen molar-refractivity contribution in [1.82, 2.24) is 25.6 Å². The summed E-state index contributed by atoms with van der Waals surface area (Å²) in [4.78, 5) is 22.6. The molecule has 136 valence electrons. The van der Waals surface area contributed by atoms with Gasteiger partial charge in [-0.3, -0.25) is 14.9 Å². The molecule has 10 nitrogen and oxygen atoms in total. The number of nitrogens with one attached hydrogen (secondary N) is 1. The summed E-state index contributed by atoms with van der Waals surface area (Å²) in [7, 11) is 0. The standard InChI is InChI=1S/C16H12ClN7O3/c1-10(12-4-7-14(17)15(8-12)24(26)27)19-20-16(25)11-2-5-13(6-3-11)23-9-18-21-22-23/h2-9H,1H3,(H,20,25)/b19-10+. The number of aromatic nitrogens is 4. The van der Waals surface area contributed by atoms with Crippen molar-refractivity contribution in [3.05, 3.63) is 75.1 Å². The lowest BCUT2D eigenvalue weighted by atomic mass is 10.1. The minimum atomic E-state index is -0.579. The van der Waals surface area contributed by atoms with E-state index in [1.54, 1.807) is 37.3 Å². The number of benzene rings is 2. The molecule has 1 heterocycles. The van der Waals surface area contributed by atoms with Crippen LogP contribution in [0.4, 0.5) is 5.69 Å². The highest BCUT2D eigenvalue weighted by atomic mass is 35.5. The van der Waals surface area contributed by atoms with E-state index in [9.17, 15) is 14.9 Å². The first kappa shape index (κ1) is 18.1. The second-order valence-electron chi connectivity index (χ2n) is 5.36. The van der Waals surface area contributed by atoms with Crippen LogP contribution in [-0.4, -0.2) is 36.7 Å². The largest absolute Gasteiger partial charge is 0.288 e. The molecule has 0 aliphatic carbocycles. The number of nitro groups is 1. The molecule has 0 saturated carbocycles. The Morgan fingerprint density at radius 2 is 1.93 bits per heavy atom. The van der Waals surface area contributed by atoms with Crippen molar-refractivity contribution < 1.29 is 9.72 Å². The van der Waals surface area contributed by atoms with E-state index in [1.807, 2.05) is 0 Å². The first-order chi connectivity index (χ1) is 13.0. The van der Waals surface area contributed by atoms with Gasteiger partial charge < -0.3 is 0 Å². The zero-order chi connectivity index (χ0) is 19.4. The van der Waals surface area contributed by atoms with Crippen LogP contribution in [0.3, 0.4) is 0 Å². The van der Waals surface area contributed by atoms with Crippen molar-refractivity contribution in [2.75, 3.05) is 0 Å². The van der Waals surface area contributed by atoms with E-state index in [0.29, 0.717) is 22.5 Å². The fraction of sp³-hybridized carbons (Fsp3) is 0.0625. The molecule has 0 unspecified atom stereocenters. The molecule has 0 fully saturated rings. The Labute approximate surface area is 157 Å². The van der Waals surface area contributed by atoms with Gasteiger partial charge in [0.15, 0.2) is 0 Å². The van der Waals surface area contributed by atoms with Gasteiger partial charge in [-0.25, -0.2) is 10.1 Å². The number of nitro benzene ring substituents is 1. The maximum absolute atomic E-state index is 12.2. The van der Waals surface area contributed by atoms with Gasteiger partial charge in [-0.2, -0.15) is 5.10 Å². The van der Waals surface area contributed by atoms with Crippen molar-refractivity contribution in [3.63, 3.8) is 0 Å². The number of halogens is 1. The lowest BCUT2D eigenvalue weighted by Gasteiger charge is -2.05. The molecule has 2 aromatic carbocycles. The Balaban J connectivity index is 1.72. The lowest BCUT2D eigenvalue weighted by molar-refractivity contribution is -0.384. The van der Waals surface area contributed by atoms with Gasteiger partial charge >= 0.3 is 0 Å². The molecular formula is C16H12ClN7O3. The van der Waals surface area contributed by atoms with Crippen LogP contribution in [0.1, 0.15) is 22.8 Å². The van der Waals surface area contributed by atoms with E-state index in [4.69, 9.17) is 11.6 Å². The van der Waals surface area contributed by atoms with E-state index < -0.39 is 10.8 Å². The Morgan fingerprint density at radius 1 is 1.22 bits per heavy atom. The summed E-state index contributed by atoms with van der Waals surface area (Å²) >= 11 is 5.79. The minimum Gasteiger partial charge on any atom is -0.267 e. The average molecular weight is 386 g/mol. The molecule has 3 rings (SSSR count). The zero-order valence-corrected chi connectivity index (χ0v) is 14.7. The number of carbonyl (C=O) groups is 1. The molecule has 0 bridgehead atoms. The van der Waals surface area contributed by atoms with Crippen molar-refractivity contribution in [1.29, 1.82) is 0 Å². The molecule has 0 radical (unpaired) electrons. The second-order valence-corrected chi connectivity index (χ2v) is 5.77. The topological polar surface area (TPSA) is 128 Å². The number of nitrogens with zero attached hydrogens (tertiary/aromatic N) is 6. The number of amides is 1. The molecular weight excluding hydrogens is 374 g/mol. The van der Waals surface area contributed by atoms with Crippen LogP contribution in [0.5, 0.6) is 0 Å². The Morgan fingerprint density at radius 3 is 2.56 bits per heavy atom. The SMILES string of the molecule is C/C(=N\NC(=O)c1ccc(-n2cnnn2)cc1)c1ccc(Cl)c([N+](=O)[O-])c1. The van der Waals surface area contributed by atoms with Crippen LogP contribution in [0.2, 0.25) is 5.02 Å². The highest BCUT2D eigenvalue weighted by molar-refractivity contribution is 6.32. The number of hydrogen-bond donors (Lipinski definition) is 1. The smallest absolute Gasteiger partial charge is 0.267 e. The molecule has 0 atom stereocenters. The van der Waals surface area contributed by atoms with E-state index in [2.05, 4.69) is 26.1 Å². The summed E-state index contributed by atoms with van der Waals surface area (Å²) in [5.41, 5.74) is 4.13. The van der Waals surface area contributed by atoms with Gasteiger partial charge in [0.05, 0.1) is 16.3 Å². The number of hydrogen-bond acceptors (Lipinski definition) is 7. The van der Waals surface area contributed by atoms with Gasteiger partial charge in [-0.05, 0) is 47.7 Å². The quantitative estimate of drug-likeness (QED) is 0.408. The van der Waals surface area contributed by atoms with Crippen LogP contribution in [0.15, 0.2) is 53.9 Å². The maximum atomic E-state index is 12.2. The van der Waals surface area contributed by atoms with Gasteiger partial charge in [0.25, 0.3) is 11.6 Å². The van der Waals surface area contributed by atoms with Crippen LogP contribution in [0, 0.1) is 10.1 Å². The highest BCUT2D eigenvalue weighted by Gasteiger charge is 2.14. The monoisotopic (exact) mass is 385 g/mol. The normalized spacial score (nSPS) is 11.3. The van der Waals surface area contributed by atoms with E-state index in [-0.39, 0.29) is 10.7 Å². The van der Waals surface area contributed by atoms with Crippen molar-refractivity contribution in [2.45, 2.75) is 6.92 Å². The van der Waals surface area contributed by atoms with Crippen molar-refractivity contribution >= 4 is 28.9 Å². The molecule has 0 saturated heterocycles. The third kappa shape index (κ3) is 4.12. The van der Waals surface area contributed by atoms with Crippen LogP contribution in [-0.2, 0) is 0 Å². The summed E-state index contributed by atoms with van der Waals surface area (Å²) < 4.78 is 1.46. The molecule has 3 aromatic rings. The van der Waals surface area contributed by atoms with E-state index in [1.165, 1.54) is 23.1 Å². The predicted molar refractivity (Wildman–Crippen MR) is 96.9 cm³/mol. The third-order valence-electron chi connectivity index (χ3n) is 3.63. The molecule has 1 aromatic heterocycles. The summed E-state index contributed by atoms with van der Waals surface area (Å²) in [5, 5.41) is 25.8. The van der Waals surface area contributed by atoms with E-state index in [0.717, 1.165) is 0 Å². The van der Waals surface area contributed by atoms with Gasteiger partial charge in [0.1, 0.15) is 11.3 Å². The molecule has 0 aliphatic rings. The van der Waals surface area contributed by atoms with Gasteiger partial charge in [-0.15, -0.1) is 5.10 Å². The molecule has 1 N–H and O–H groups in total. The Hall–Kier alpha value is -3.66. The Bertz CT molecular complexity index is 1020. The van der Waals surface area contributed by atoms with Gasteiger partial charge in [-0.1, -0.05) is 17.7 Å². The fourth-order valence-electron chi connectivity index (χ4n) is 2.19. The molecule has 0 aliphatic heterocycles. The lowest BCUT2D eigenvalue weighted by Crippen LogP contribution is -2.19. The first-order valence-electron chi connectivity index (χ1n) is 7.58. The number of hydrazone groups is 1. The van der Waals surface area contributed by atoms with Crippen LogP contribution in [0.25, 0.3) is 5.69 Å². The number of tetrazole rings is 1. The van der Waals surface area contributed by atoms with Crippen molar-refractivity contribution in [2.24, 2.45) is 5.10 Å². The summed E-state index contributed by atoms with van der Waals surface area (Å²) in [5.74, 6) is -0.430. The number of carbonyl (C=O) groups excluding carboxylic acids is 1. The number of rotatable bonds is 5. The third-order valence-corrected chi connectivity index (χ3v) is 3.95. The van der Waals surface area contributed by atoms with Crippen LogP contribution >= 0.6 is 11.6 Å². The minimum absolute atomic E-state index is 0.0308. The molecule has 1 amide bonds. The predicted octanol–water partition coefficient (Wildman–Crippen LogP) is 2.38. The Kier molecular flexibility index (Phi) is 5.18. The summed E-state index contributed by atoms with van der Waals surface area (Å²) in [6, 6.07) is 10.9. The summed E-state index contributed by atoms with van der Waals surface area (Å²) in [6.45, 7) is 1.62. The molecule has 27 heavy (non-hydrogen) atoms. The maximum Gasteiger partial charge on any atom is 0.288 e. The average Bonchev–Trinajstić information content (AvgIpc) is 3.21. The summed E-state index contributed by atoms with van der Waals surface area (Å²) in [6.07, 6.45) is 1.44. The van der Waals surface area contributed by atoms with Crippen molar-refractivity contribution in [3.8, 4) is 5.69 Å². The molecule has 11 heteroatoms. The second kappa shape index (κ2) is 7.70. The first-order valence-corrected chi connectivity index (χ1v) is 7.96. The van der Waals surface area contributed by atoms with E-state index >= 15 is 0 Å². The molecule has 0 spiro atoms.